The lowest BCUT2D eigenvalue weighted by Crippen LogP contribution is -2.10. The lowest BCUT2D eigenvalue weighted by Gasteiger charge is -1.90. The average molecular weight is 217 g/mol. The zero-order valence-corrected chi connectivity index (χ0v) is 9.61. The van der Waals surface area contributed by atoms with Crippen molar-refractivity contribution < 1.29 is 19.5 Å². The summed E-state index contributed by atoms with van der Waals surface area (Å²) in [5.74, 6) is -0.500. The second-order valence-electron chi connectivity index (χ2n) is 2.80. The lowest BCUT2D eigenvalue weighted by atomic mass is 10.3. The molecule has 0 fully saturated rings. The fourth-order valence-electron chi connectivity index (χ4n) is 0. The van der Waals surface area contributed by atoms with Crippen molar-refractivity contribution in [3.63, 3.8) is 0 Å². The van der Waals surface area contributed by atoms with E-state index in [1.807, 2.05) is 0 Å². The predicted octanol–water partition coefficient (Wildman–Crippen LogP) is 0.209. The maximum atomic E-state index is 9.89. The SMILES string of the molecule is C=CC(N)=O.CC(=O)C(C)O.CC(C)=O. The Morgan fingerprint density at radius 3 is 1.40 bits per heavy atom. The molecule has 5 heteroatoms. The summed E-state index contributed by atoms with van der Waals surface area (Å²) in [6, 6.07) is 0. The first-order chi connectivity index (χ1) is 6.64. The van der Waals surface area contributed by atoms with E-state index in [0.29, 0.717) is 0 Å². The number of primary amides is 1. The summed E-state index contributed by atoms with van der Waals surface area (Å²) in [4.78, 5) is 28.8. The molecule has 0 aliphatic rings. The van der Waals surface area contributed by atoms with Crippen LogP contribution in [0.2, 0.25) is 0 Å². The summed E-state index contributed by atoms with van der Waals surface area (Å²) < 4.78 is 0. The molecule has 5 nitrogen and oxygen atoms in total. The normalized spacial score (nSPS) is 9.40. The van der Waals surface area contributed by atoms with Gasteiger partial charge in [0.15, 0.2) is 5.78 Å². The highest BCUT2D eigenvalue weighted by Crippen LogP contribution is 1.76. The number of hydrogen-bond donors (Lipinski definition) is 2. The van der Waals surface area contributed by atoms with Crippen molar-refractivity contribution in [2.75, 3.05) is 0 Å². The number of rotatable bonds is 2. The molecule has 0 aromatic rings. The van der Waals surface area contributed by atoms with E-state index in [9.17, 15) is 14.4 Å². The van der Waals surface area contributed by atoms with Crippen LogP contribution < -0.4 is 5.73 Å². The molecule has 0 saturated carbocycles. The Balaban J connectivity index is -0.000000147. The summed E-state index contributed by atoms with van der Waals surface area (Å²) in [5.41, 5.74) is 4.53. The maximum absolute atomic E-state index is 9.89. The van der Waals surface area contributed by atoms with Crippen LogP contribution in [-0.4, -0.2) is 28.7 Å². The van der Waals surface area contributed by atoms with Gasteiger partial charge in [0.1, 0.15) is 11.9 Å². The molecule has 0 aliphatic heterocycles. The number of carbonyl (C=O) groups is 3. The Morgan fingerprint density at radius 2 is 1.40 bits per heavy atom. The summed E-state index contributed by atoms with van der Waals surface area (Å²) in [5, 5.41) is 8.28. The zero-order valence-electron chi connectivity index (χ0n) is 9.61. The number of nitrogens with two attached hydrogens (primary N) is 1. The highest BCUT2D eigenvalue weighted by atomic mass is 16.3. The summed E-state index contributed by atoms with van der Waals surface area (Å²) in [7, 11) is 0. The molecule has 88 valence electrons. The molecule has 15 heavy (non-hydrogen) atoms. The van der Waals surface area contributed by atoms with Gasteiger partial charge in [-0.15, -0.1) is 0 Å². The van der Waals surface area contributed by atoms with Crippen LogP contribution in [0.5, 0.6) is 0 Å². The van der Waals surface area contributed by atoms with E-state index >= 15 is 0 Å². The summed E-state index contributed by atoms with van der Waals surface area (Å²) >= 11 is 0. The van der Waals surface area contributed by atoms with Gasteiger partial charge in [-0.2, -0.15) is 0 Å². The zero-order chi connectivity index (χ0) is 13.0. The third-order valence-electron chi connectivity index (χ3n) is 0.790. The minimum absolute atomic E-state index is 0.167. The fraction of sp³-hybridized carbons (Fsp3) is 0.500. The first-order valence-corrected chi connectivity index (χ1v) is 4.22. The van der Waals surface area contributed by atoms with E-state index in [2.05, 4.69) is 12.3 Å². The fourth-order valence-corrected chi connectivity index (χ4v) is 0. The first-order valence-electron chi connectivity index (χ1n) is 4.22. The van der Waals surface area contributed by atoms with Crippen molar-refractivity contribution in [1.82, 2.24) is 0 Å². The van der Waals surface area contributed by atoms with E-state index < -0.39 is 12.0 Å². The Kier molecular flexibility index (Phi) is 16.0. The van der Waals surface area contributed by atoms with Crippen molar-refractivity contribution in [1.29, 1.82) is 0 Å². The standard InChI is InChI=1S/C4H8O2.C3H5NO.C3H6O/c1-3(5)4(2)6;1-2-3(4)5;1-3(2)4/h3,5H,1-2H3;2H,1H2,(H2,4,5);1-2H3. The number of aliphatic hydroxyl groups excluding tert-OH is 1. The van der Waals surface area contributed by atoms with Gasteiger partial charge in [0.25, 0.3) is 0 Å². The first kappa shape index (κ1) is 19.1. The van der Waals surface area contributed by atoms with Gasteiger partial charge < -0.3 is 15.6 Å². The lowest BCUT2D eigenvalue weighted by molar-refractivity contribution is -0.124. The molecular weight excluding hydrogens is 198 g/mol. The molecule has 0 aromatic heterocycles. The van der Waals surface area contributed by atoms with Crippen LogP contribution in [0.4, 0.5) is 0 Å². The maximum Gasteiger partial charge on any atom is 0.240 e. The molecule has 1 atom stereocenters. The second-order valence-corrected chi connectivity index (χ2v) is 2.80. The van der Waals surface area contributed by atoms with E-state index in [-0.39, 0.29) is 11.6 Å². The van der Waals surface area contributed by atoms with Crippen LogP contribution in [-0.2, 0) is 14.4 Å². The van der Waals surface area contributed by atoms with Gasteiger partial charge in [-0.1, -0.05) is 6.58 Å². The third kappa shape index (κ3) is 67.9. The average Bonchev–Trinajstić information content (AvgIpc) is 2.04. The van der Waals surface area contributed by atoms with Crippen LogP contribution in [0.15, 0.2) is 12.7 Å². The second kappa shape index (κ2) is 12.5. The number of carbonyl (C=O) groups excluding carboxylic acids is 3. The smallest absolute Gasteiger partial charge is 0.240 e. The van der Waals surface area contributed by atoms with Crippen molar-refractivity contribution >= 4 is 17.5 Å². The topological polar surface area (TPSA) is 97.5 Å². The molecule has 0 aromatic carbocycles. The van der Waals surface area contributed by atoms with Crippen LogP contribution in [0.25, 0.3) is 0 Å². The number of Topliss-reactive ketones (excluding diaryl/α,β-unsaturated/α-hetero) is 2. The predicted molar refractivity (Wildman–Crippen MR) is 58.1 cm³/mol. The summed E-state index contributed by atoms with van der Waals surface area (Å²) in [6.45, 7) is 8.94. The molecular formula is C10H19NO4. The van der Waals surface area contributed by atoms with Crippen molar-refractivity contribution in [3.8, 4) is 0 Å². The van der Waals surface area contributed by atoms with Crippen molar-refractivity contribution in [3.05, 3.63) is 12.7 Å². The number of hydrogen-bond acceptors (Lipinski definition) is 4. The van der Waals surface area contributed by atoms with Gasteiger partial charge in [-0.25, -0.2) is 0 Å². The number of amides is 1. The van der Waals surface area contributed by atoms with Crippen LogP contribution in [0.1, 0.15) is 27.7 Å². The Bertz CT molecular complexity index is 217. The largest absolute Gasteiger partial charge is 0.386 e. The third-order valence-corrected chi connectivity index (χ3v) is 0.790. The van der Waals surface area contributed by atoms with Crippen molar-refractivity contribution in [2.24, 2.45) is 5.73 Å². The van der Waals surface area contributed by atoms with Gasteiger partial charge in [0.05, 0.1) is 0 Å². The van der Waals surface area contributed by atoms with Gasteiger partial charge in [-0.3, -0.25) is 9.59 Å². The molecule has 0 spiro atoms. The Labute approximate surface area is 90.0 Å². The number of ketones is 2. The Hall–Kier alpha value is -1.49. The molecule has 1 amide bonds. The van der Waals surface area contributed by atoms with Gasteiger partial charge >= 0.3 is 0 Å². The molecule has 0 aliphatic carbocycles. The molecule has 0 rings (SSSR count). The molecule has 0 radical (unpaired) electrons. The van der Waals surface area contributed by atoms with Crippen molar-refractivity contribution in [2.45, 2.75) is 33.8 Å². The van der Waals surface area contributed by atoms with Gasteiger partial charge in [0.2, 0.25) is 5.91 Å². The molecule has 1 unspecified atom stereocenters. The quantitative estimate of drug-likeness (QED) is 0.646. The van der Waals surface area contributed by atoms with Crippen LogP contribution in [0.3, 0.4) is 0 Å². The monoisotopic (exact) mass is 217 g/mol. The van der Waals surface area contributed by atoms with E-state index in [1.165, 1.54) is 27.7 Å². The van der Waals surface area contributed by atoms with E-state index in [0.717, 1.165) is 6.08 Å². The highest BCUT2D eigenvalue weighted by molar-refractivity contribution is 5.85. The van der Waals surface area contributed by atoms with Crippen LogP contribution in [0, 0.1) is 0 Å². The minimum Gasteiger partial charge on any atom is -0.386 e. The highest BCUT2D eigenvalue weighted by Gasteiger charge is 1.97. The molecule has 3 N–H and O–H groups in total. The Morgan fingerprint density at radius 1 is 1.27 bits per heavy atom. The molecule has 0 heterocycles. The van der Waals surface area contributed by atoms with Gasteiger partial charge in [0, 0.05) is 0 Å². The van der Waals surface area contributed by atoms with E-state index in [4.69, 9.17) is 5.11 Å². The molecule has 0 saturated heterocycles. The van der Waals surface area contributed by atoms with Gasteiger partial charge in [-0.05, 0) is 33.8 Å². The van der Waals surface area contributed by atoms with E-state index in [1.54, 1.807) is 0 Å². The summed E-state index contributed by atoms with van der Waals surface area (Å²) in [6.07, 6.45) is 0.269. The van der Waals surface area contributed by atoms with Crippen LogP contribution >= 0.6 is 0 Å². The molecule has 0 bridgehead atoms. The number of aliphatic hydroxyl groups is 1. The minimum atomic E-state index is -0.787.